The fourth-order valence-corrected chi connectivity index (χ4v) is 2.53. The van der Waals surface area contributed by atoms with Gasteiger partial charge in [-0.2, -0.15) is 0 Å². The van der Waals surface area contributed by atoms with Crippen LogP contribution in [0.3, 0.4) is 0 Å². The molecule has 1 aliphatic heterocycles. The van der Waals surface area contributed by atoms with E-state index in [1.54, 1.807) is 0 Å². The van der Waals surface area contributed by atoms with Crippen LogP contribution in [0.1, 0.15) is 39.5 Å². The summed E-state index contributed by atoms with van der Waals surface area (Å²) in [5, 5.41) is 0.536. The second kappa shape index (κ2) is 2.65. The molecule has 2 aliphatic rings. The van der Waals surface area contributed by atoms with Gasteiger partial charge < -0.3 is 0 Å². The molecule has 1 heterocycles. The summed E-state index contributed by atoms with van der Waals surface area (Å²) < 4.78 is 0. The van der Waals surface area contributed by atoms with Gasteiger partial charge in [-0.15, -0.1) is 6.58 Å². The molecule has 1 saturated carbocycles. The van der Waals surface area contributed by atoms with Crippen molar-refractivity contribution in [3.63, 3.8) is 0 Å². The molecule has 12 heavy (non-hydrogen) atoms. The van der Waals surface area contributed by atoms with Crippen molar-refractivity contribution in [2.24, 2.45) is 5.92 Å². The zero-order valence-corrected chi connectivity index (χ0v) is 8.27. The Hall–Kier alpha value is -0.195. The molecule has 1 aliphatic carbocycles. The van der Waals surface area contributed by atoms with Gasteiger partial charge in [0.15, 0.2) is 0 Å². The lowest BCUT2D eigenvalue weighted by Gasteiger charge is -2.16. The quantitative estimate of drug-likeness (QED) is 0.429. The van der Waals surface area contributed by atoms with Crippen LogP contribution in [0.2, 0.25) is 11.1 Å². The minimum atomic E-state index is 0.536. The Bertz CT molecular complexity index is 209. The van der Waals surface area contributed by atoms with Gasteiger partial charge in [0.05, 0.1) is 0 Å². The maximum atomic E-state index is 4.09. The van der Waals surface area contributed by atoms with E-state index in [-0.39, 0.29) is 0 Å². The maximum Gasteiger partial charge on any atom is 0.128 e. The summed E-state index contributed by atoms with van der Waals surface area (Å²) >= 11 is 0. The van der Waals surface area contributed by atoms with E-state index in [9.17, 15) is 0 Å². The highest BCUT2D eigenvalue weighted by Crippen LogP contribution is 2.67. The number of rotatable bonds is 2. The molecule has 0 amide bonds. The Morgan fingerprint density at radius 2 is 2.42 bits per heavy atom. The van der Waals surface area contributed by atoms with Gasteiger partial charge in [0.25, 0.3) is 0 Å². The third-order valence-electron chi connectivity index (χ3n) is 3.94. The van der Waals surface area contributed by atoms with Crippen LogP contribution in [0.5, 0.6) is 0 Å². The molecule has 1 radical (unpaired) electrons. The van der Waals surface area contributed by atoms with Crippen molar-refractivity contribution in [1.29, 1.82) is 0 Å². The molecule has 1 spiro atoms. The minimum Gasteiger partial charge on any atom is -0.100 e. The average Bonchev–Trinajstić information content (AvgIpc) is 2.48. The molecule has 3 unspecified atom stereocenters. The number of hydrogen-bond donors (Lipinski definition) is 0. The summed E-state index contributed by atoms with van der Waals surface area (Å²) in [4.78, 5) is 0. The first-order valence-electron chi connectivity index (χ1n) is 5.22. The van der Waals surface area contributed by atoms with E-state index in [2.05, 4.69) is 27.7 Å². The van der Waals surface area contributed by atoms with E-state index in [0.717, 1.165) is 11.7 Å². The van der Waals surface area contributed by atoms with Crippen LogP contribution in [0.15, 0.2) is 12.2 Å². The van der Waals surface area contributed by atoms with E-state index in [0.29, 0.717) is 5.31 Å². The molecular formula is C11H18B. The van der Waals surface area contributed by atoms with E-state index < -0.39 is 0 Å². The molecule has 2 fully saturated rings. The number of hydrogen-bond acceptors (Lipinski definition) is 0. The minimum absolute atomic E-state index is 0.536. The maximum absolute atomic E-state index is 4.09. The SMILES string of the molecule is C=C1CC12[B]C(C(C)CC)CC2. The van der Waals surface area contributed by atoms with Crippen LogP contribution in [0.4, 0.5) is 0 Å². The Kier molecular flexibility index (Phi) is 1.85. The fourth-order valence-electron chi connectivity index (χ4n) is 2.53. The summed E-state index contributed by atoms with van der Waals surface area (Å²) in [5.74, 6) is 1.77. The molecule has 3 atom stereocenters. The van der Waals surface area contributed by atoms with Crippen molar-refractivity contribution in [2.45, 2.75) is 50.7 Å². The van der Waals surface area contributed by atoms with E-state index >= 15 is 0 Å². The van der Waals surface area contributed by atoms with Gasteiger partial charge in [-0.1, -0.05) is 44.5 Å². The first-order valence-corrected chi connectivity index (χ1v) is 5.22. The van der Waals surface area contributed by atoms with Crippen molar-refractivity contribution in [1.82, 2.24) is 0 Å². The molecule has 0 nitrogen and oxygen atoms in total. The Morgan fingerprint density at radius 3 is 2.83 bits per heavy atom. The van der Waals surface area contributed by atoms with Gasteiger partial charge in [0.2, 0.25) is 0 Å². The van der Waals surface area contributed by atoms with Gasteiger partial charge in [-0.25, -0.2) is 0 Å². The van der Waals surface area contributed by atoms with Crippen molar-refractivity contribution < 1.29 is 0 Å². The molecule has 1 heteroatoms. The third-order valence-corrected chi connectivity index (χ3v) is 3.94. The van der Waals surface area contributed by atoms with Crippen LogP contribution in [-0.4, -0.2) is 7.28 Å². The van der Waals surface area contributed by atoms with E-state index in [1.165, 1.54) is 31.3 Å². The van der Waals surface area contributed by atoms with E-state index in [4.69, 9.17) is 0 Å². The molecule has 0 bridgehead atoms. The lowest BCUT2D eigenvalue weighted by atomic mass is 9.54. The van der Waals surface area contributed by atoms with Crippen molar-refractivity contribution in [3.05, 3.63) is 12.2 Å². The van der Waals surface area contributed by atoms with Crippen molar-refractivity contribution >= 4 is 7.28 Å². The summed E-state index contributed by atoms with van der Waals surface area (Å²) in [6.45, 7) is 8.77. The standard InChI is InChI=1S/C11H18B/c1-4-8(2)10-5-6-11(12-10)7-9(11)3/h8,10H,3-7H2,1-2H3. The first kappa shape index (κ1) is 8.41. The Labute approximate surface area is 76.7 Å². The van der Waals surface area contributed by atoms with Crippen LogP contribution in [-0.2, 0) is 0 Å². The summed E-state index contributed by atoms with van der Waals surface area (Å²) in [5.41, 5.74) is 1.49. The smallest absolute Gasteiger partial charge is 0.100 e. The predicted molar refractivity (Wildman–Crippen MR) is 54.6 cm³/mol. The van der Waals surface area contributed by atoms with Crippen molar-refractivity contribution in [3.8, 4) is 0 Å². The zero-order valence-electron chi connectivity index (χ0n) is 8.27. The summed E-state index contributed by atoms with van der Waals surface area (Å²) in [6, 6.07) is 0. The monoisotopic (exact) mass is 161 g/mol. The lowest BCUT2D eigenvalue weighted by Crippen LogP contribution is -2.08. The second-order valence-electron chi connectivity index (χ2n) is 4.69. The largest absolute Gasteiger partial charge is 0.128 e. The molecule has 1 saturated heterocycles. The Balaban J connectivity index is 1.95. The van der Waals surface area contributed by atoms with Gasteiger partial charge in [0.1, 0.15) is 7.28 Å². The fraction of sp³-hybridized carbons (Fsp3) is 0.818. The molecule has 2 rings (SSSR count). The average molecular weight is 161 g/mol. The van der Waals surface area contributed by atoms with Gasteiger partial charge in [0, 0.05) is 0 Å². The van der Waals surface area contributed by atoms with Crippen LogP contribution >= 0.6 is 0 Å². The lowest BCUT2D eigenvalue weighted by molar-refractivity contribution is 0.503. The highest BCUT2D eigenvalue weighted by molar-refractivity contribution is 6.46. The molecule has 0 aromatic heterocycles. The Morgan fingerprint density at radius 1 is 1.75 bits per heavy atom. The first-order chi connectivity index (χ1) is 5.68. The van der Waals surface area contributed by atoms with Crippen LogP contribution in [0, 0.1) is 5.92 Å². The van der Waals surface area contributed by atoms with Gasteiger partial charge >= 0.3 is 0 Å². The second-order valence-corrected chi connectivity index (χ2v) is 4.69. The molecule has 0 N–H and O–H groups in total. The molecule has 65 valence electrons. The predicted octanol–water partition coefficient (Wildman–Crippen LogP) is 3.44. The highest BCUT2D eigenvalue weighted by Gasteiger charge is 2.52. The van der Waals surface area contributed by atoms with Crippen LogP contribution in [0.25, 0.3) is 0 Å². The topological polar surface area (TPSA) is 0 Å². The zero-order chi connectivity index (χ0) is 8.77. The van der Waals surface area contributed by atoms with Crippen LogP contribution < -0.4 is 0 Å². The van der Waals surface area contributed by atoms with Gasteiger partial charge in [-0.05, 0) is 17.7 Å². The third kappa shape index (κ3) is 1.14. The molecule has 0 aromatic rings. The normalized spacial score (nSPS) is 41.5. The molecule has 0 aromatic carbocycles. The van der Waals surface area contributed by atoms with Crippen molar-refractivity contribution in [2.75, 3.05) is 0 Å². The van der Waals surface area contributed by atoms with E-state index in [1.807, 2.05) is 0 Å². The summed E-state index contributed by atoms with van der Waals surface area (Å²) in [7, 11) is 2.60. The number of allylic oxidation sites excluding steroid dienone is 1. The van der Waals surface area contributed by atoms with Gasteiger partial charge in [-0.3, -0.25) is 0 Å². The highest BCUT2D eigenvalue weighted by atomic mass is 14.5. The summed E-state index contributed by atoms with van der Waals surface area (Å²) in [6.07, 6.45) is 5.42. The molecular weight excluding hydrogens is 143 g/mol.